The first-order valence-corrected chi connectivity index (χ1v) is 7.38. The van der Waals surface area contributed by atoms with Crippen LogP contribution in [-0.2, 0) is 11.2 Å². The van der Waals surface area contributed by atoms with Gasteiger partial charge in [-0.3, -0.25) is 9.59 Å². The molecule has 122 valence electrons. The molecule has 2 aromatic carbocycles. The molecular formula is C18H16N2O4. The number of hydrogen-bond donors (Lipinski definition) is 4. The fraction of sp³-hybridized carbons (Fsp3) is 0.111. The lowest BCUT2D eigenvalue weighted by atomic mass is 10.1. The Morgan fingerprint density at radius 1 is 1.25 bits per heavy atom. The predicted octanol–water partition coefficient (Wildman–Crippen LogP) is 1.82. The van der Waals surface area contributed by atoms with Crippen LogP contribution in [0.2, 0.25) is 0 Å². The van der Waals surface area contributed by atoms with Crippen LogP contribution in [0.1, 0.15) is 21.5 Å². The van der Waals surface area contributed by atoms with Gasteiger partial charge in [0.2, 0.25) is 5.91 Å². The number of carbonyl (C=O) groups excluding carboxylic acids is 2. The number of nitrogens with two attached hydrogens (primary N) is 1. The minimum Gasteiger partial charge on any atom is -0.508 e. The van der Waals surface area contributed by atoms with E-state index in [-0.39, 0.29) is 29.7 Å². The van der Waals surface area contributed by atoms with Gasteiger partial charge in [0.05, 0.1) is 6.54 Å². The topological polar surface area (TPSA) is 113 Å². The number of aromatic hydroxyl groups is 2. The van der Waals surface area contributed by atoms with Gasteiger partial charge in [0, 0.05) is 34.9 Å². The van der Waals surface area contributed by atoms with Gasteiger partial charge in [-0.15, -0.1) is 0 Å². The summed E-state index contributed by atoms with van der Waals surface area (Å²) in [4.78, 5) is 24.1. The van der Waals surface area contributed by atoms with Gasteiger partial charge in [-0.05, 0) is 29.8 Å². The van der Waals surface area contributed by atoms with E-state index < -0.39 is 0 Å². The summed E-state index contributed by atoms with van der Waals surface area (Å²) < 4.78 is 0. The van der Waals surface area contributed by atoms with E-state index in [1.165, 1.54) is 18.2 Å². The molecule has 1 aliphatic carbocycles. The summed E-state index contributed by atoms with van der Waals surface area (Å²) in [5.41, 5.74) is 8.07. The van der Waals surface area contributed by atoms with Crippen molar-refractivity contribution in [3.05, 3.63) is 58.7 Å². The minimum absolute atomic E-state index is 0.0533. The Balaban J connectivity index is 1.97. The van der Waals surface area contributed by atoms with E-state index in [0.717, 1.165) is 5.56 Å². The second-order valence-corrected chi connectivity index (χ2v) is 5.50. The quantitative estimate of drug-likeness (QED) is 0.643. The summed E-state index contributed by atoms with van der Waals surface area (Å²) >= 11 is 0. The summed E-state index contributed by atoms with van der Waals surface area (Å²) in [6.07, 6.45) is 1.93. The van der Waals surface area contributed by atoms with Crippen molar-refractivity contribution in [2.24, 2.45) is 5.73 Å². The number of phenols is 2. The number of anilines is 1. The fourth-order valence-corrected chi connectivity index (χ4v) is 2.71. The van der Waals surface area contributed by atoms with Crippen LogP contribution in [0.3, 0.4) is 0 Å². The second-order valence-electron chi connectivity index (χ2n) is 5.50. The molecule has 0 atom stereocenters. The molecule has 2 aromatic rings. The zero-order valence-corrected chi connectivity index (χ0v) is 12.7. The van der Waals surface area contributed by atoms with Crippen LogP contribution in [0, 0.1) is 0 Å². The third-order valence-electron chi connectivity index (χ3n) is 3.88. The maximum atomic E-state index is 12.6. The highest BCUT2D eigenvalue weighted by molar-refractivity contribution is 6.17. The maximum Gasteiger partial charge on any atom is 0.238 e. The van der Waals surface area contributed by atoms with E-state index in [0.29, 0.717) is 28.8 Å². The SMILES string of the molecule is NCC(=O)Nc1cccc2c1C/C(=C\c1ccc(O)cc1O)C2=O. The standard InChI is InChI=1S/C18H16N2O4/c19-9-17(23)20-15-3-1-2-13-14(15)7-11(18(13)24)6-10-4-5-12(21)8-16(10)22/h1-6,8,21-22H,7,9,19H2,(H,20,23)/b11-6+. The molecule has 0 spiro atoms. The molecule has 0 heterocycles. The second kappa shape index (κ2) is 6.17. The van der Waals surface area contributed by atoms with Gasteiger partial charge in [-0.2, -0.15) is 0 Å². The lowest BCUT2D eigenvalue weighted by Gasteiger charge is -2.08. The molecule has 24 heavy (non-hydrogen) atoms. The van der Waals surface area contributed by atoms with E-state index in [1.807, 2.05) is 0 Å². The molecule has 0 bridgehead atoms. The maximum absolute atomic E-state index is 12.6. The van der Waals surface area contributed by atoms with Gasteiger partial charge in [0.1, 0.15) is 11.5 Å². The van der Waals surface area contributed by atoms with Gasteiger partial charge in [0.25, 0.3) is 0 Å². The normalized spacial score (nSPS) is 14.7. The number of hydrogen-bond acceptors (Lipinski definition) is 5. The number of benzene rings is 2. The number of allylic oxidation sites excluding steroid dienone is 1. The largest absolute Gasteiger partial charge is 0.508 e. The Morgan fingerprint density at radius 3 is 2.75 bits per heavy atom. The van der Waals surface area contributed by atoms with Crippen molar-refractivity contribution in [2.75, 3.05) is 11.9 Å². The van der Waals surface area contributed by atoms with Crippen LogP contribution >= 0.6 is 0 Å². The average Bonchev–Trinajstić information content (AvgIpc) is 2.87. The van der Waals surface area contributed by atoms with Crippen LogP contribution in [0.4, 0.5) is 5.69 Å². The van der Waals surface area contributed by atoms with E-state index in [2.05, 4.69) is 5.32 Å². The van der Waals surface area contributed by atoms with Crippen LogP contribution < -0.4 is 11.1 Å². The van der Waals surface area contributed by atoms with Gasteiger partial charge in [-0.1, -0.05) is 12.1 Å². The summed E-state index contributed by atoms with van der Waals surface area (Å²) in [5, 5.41) is 21.9. The fourth-order valence-electron chi connectivity index (χ4n) is 2.71. The number of fused-ring (bicyclic) bond motifs is 1. The van der Waals surface area contributed by atoms with Crippen LogP contribution in [0.15, 0.2) is 42.0 Å². The van der Waals surface area contributed by atoms with Gasteiger partial charge in [-0.25, -0.2) is 0 Å². The van der Waals surface area contributed by atoms with Crippen molar-refractivity contribution >= 4 is 23.5 Å². The van der Waals surface area contributed by atoms with Gasteiger partial charge in [0.15, 0.2) is 5.78 Å². The van der Waals surface area contributed by atoms with E-state index in [1.54, 1.807) is 24.3 Å². The van der Waals surface area contributed by atoms with Gasteiger partial charge < -0.3 is 21.3 Å². The first kappa shape index (κ1) is 15.8. The summed E-state index contributed by atoms with van der Waals surface area (Å²) in [5.74, 6) is -0.642. The zero-order chi connectivity index (χ0) is 17.3. The number of ketones is 1. The molecule has 6 heteroatoms. The van der Waals surface area contributed by atoms with Crippen molar-refractivity contribution in [1.82, 2.24) is 0 Å². The number of nitrogens with one attached hydrogen (secondary N) is 1. The number of Topliss-reactive ketones (excluding diaryl/α,β-unsaturated/α-hetero) is 1. The van der Waals surface area contributed by atoms with Crippen molar-refractivity contribution in [3.63, 3.8) is 0 Å². The van der Waals surface area contributed by atoms with Crippen LogP contribution in [0.25, 0.3) is 6.08 Å². The number of carbonyl (C=O) groups is 2. The van der Waals surface area contributed by atoms with Crippen LogP contribution in [-0.4, -0.2) is 28.4 Å². The highest BCUT2D eigenvalue weighted by atomic mass is 16.3. The molecule has 5 N–H and O–H groups in total. The molecule has 3 rings (SSSR count). The first-order chi connectivity index (χ1) is 11.5. The summed E-state index contributed by atoms with van der Waals surface area (Å²) in [6, 6.07) is 9.31. The highest BCUT2D eigenvalue weighted by Crippen LogP contribution is 2.34. The van der Waals surface area contributed by atoms with E-state index in [4.69, 9.17) is 5.73 Å². The van der Waals surface area contributed by atoms with Crippen molar-refractivity contribution in [1.29, 1.82) is 0 Å². The zero-order valence-electron chi connectivity index (χ0n) is 12.7. The molecular weight excluding hydrogens is 308 g/mol. The van der Waals surface area contributed by atoms with Crippen molar-refractivity contribution in [3.8, 4) is 11.5 Å². The molecule has 0 radical (unpaired) electrons. The molecule has 1 aliphatic rings. The van der Waals surface area contributed by atoms with Gasteiger partial charge >= 0.3 is 0 Å². The number of rotatable bonds is 3. The molecule has 0 saturated heterocycles. The third-order valence-corrected chi connectivity index (χ3v) is 3.88. The Morgan fingerprint density at radius 2 is 2.04 bits per heavy atom. The van der Waals surface area contributed by atoms with Crippen molar-refractivity contribution < 1.29 is 19.8 Å². The molecule has 0 aromatic heterocycles. The summed E-state index contributed by atoms with van der Waals surface area (Å²) in [6.45, 7) is -0.137. The minimum atomic E-state index is -0.329. The predicted molar refractivity (Wildman–Crippen MR) is 89.9 cm³/mol. The smallest absolute Gasteiger partial charge is 0.238 e. The highest BCUT2D eigenvalue weighted by Gasteiger charge is 2.27. The monoisotopic (exact) mass is 324 g/mol. The van der Waals surface area contributed by atoms with Crippen molar-refractivity contribution in [2.45, 2.75) is 6.42 Å². The number of amides is 1. The Bertz CT molecular complexity index is 871. The Kier molecular flexibility index (Phi) is 4.05. The molecule has 6 nitrogen and oxygen atoms in total. The summed E-state index contributed by atoms with van der Waals surface area (Å²) in [7, 11) is 0. The first-order valence-electron chi connectivity index (χ1n) is 7.38. The molecule has 0 fully saturated rings. The lowest BCUT2D eigenvalue weighted by Crippen LogP contribution is -2.22. The Hall–Kier alpha value is -3.12. The average molecular weight is 324 g/mol. The molecule has 0 unspecified atom stereocenters. The van der Waals surface area contributed by atoms with E-state index >= 15 is 0 Å². The van der Waals surface area contributed by atoms with Crippen LogP contribution in [0.5, 0.6) is 11.5 Å². The lowest BCUT2D eigenvalue weighted by molar-refractivity contribution is -0.114. The molecule has 0 aliphatic heterocycles. The Labute approximate surface area is 138 Å². The molecule has 0 saturated carbocycles. The third kappa shape index (κ3) is 2.87. The number of phenolic OH excluding ortho intramolecular Hbond substituents is 2. The molecule has 1 amide bonds. The van der Waals surface area contributed by atoms with E-state index in [9.17, 15) is 19.8 Å².